The Balaban J connectivity index is 2.39. The highest BCUT2D eigenvalue weighted by Crippen LogP contribution is 2.26. The van der Waals surface area contributed by atoms with Gasteiger partial charge in [0, 0.05) is 28.2 Å². The summed E-state index contributed by atoms with van der Waals surface area (Å²) in [7, 11) is -2.36. The molecule has 0 saturated heterocycles. The van der Waals surface area contributed by atoms with Crippen molar-refractivity contribution in [3.8, 4) is 65.6 Å². The second-order valence-corrected chi connectivity index (χ2v) is 3.65. The molecule has 0 aliphatic carbocycles. The maximum atomic E-state index is 11.3. The number of rotatable bonds is 3. The standard InChI is InChI=1S/C16H6O3P/c1-2-3-4-5-6-7-8-12-15-18-20(17)19-16-13-10-9-11-14-16/h1,9-11,13-14H/q+1. The van der Waals surface area contributed by atoms with Crippen LogP contribution in [0.1, 0.15) is 0 Å². The van der Waals surface area contributed by atoms with Crippen LogP contribution in [0.4, 0.5) is 0 Å². The molecule has 1 unspecified atom stereocenters. The van der Waals surface area contributed by atoms with Crippen molar-refractivity contribution in [2.75, 3.05) is 0 Å². The van der Waals surface area contributed by atoms with Crippen LogP contribution in [-0.2, 0) is 9.09 Å². The molecule has 1 rings (SSSR count). The minimum Gasteiger partial charge on any atom is -0.222 e. The maximum absolute atomic E-state index is 11.3. The van der Waals surface area contributed by atoms with Crippen LogP contribution in [0.25, 0.3) is 0 Å². The molecular weight excluding hydrogens is 271 g/mol. The fourth-order valence-corrected chi connectivity index (χ4v) is 1.32. The van der Waals surface area contributed by atoms with Crippen LogP contribution in [0.15, 0.2) is 30.3 Å². The molecule has 0 aliphatic heterocycles. The molecule has 0 N–H and O–H groups in total. The van der Waals surface area contributed by atoms with Gasteiger partial charge in [-0.05, 0) is 35.8 Å². The second kappa shape index (κ2) is 9.72. The first kappa shape index (κ1) is 14.8. The SMILES string of the molecule is C#CC#CC#CC#CC#CO[P+](=O)Oc1ccccc1. The molecule has 4 heteroatoms. The molecule has 0 amide bonds. The van der Waals surface area contributed by atoms with Crippen LogP contribution in [-0.4, -0.2) is 0 Å². The van der Waals surface area contributed by atoms with Gasteiger partial charge in [0.1, 0.15) is 0 Å². The zero-order valence-electron chi connectivity index (χ0n) is 10.1. The molecular formula is C16H6O3P+. The van der Waals surface area contributed by atoms with Gasteiger partial charge in [-0.15, -0.1) is 6.42 Å². The molecule has 1 aromatic carbocycles. The molecule has 3 nitrogen and oxygen atoms in total. The van der Waals surface area contributed by atoms with Crippen molar-refractivity contribution in [2.45, 2.75) is 0 Å². The topological polar surface area (TPSA) is 35.5 Å². The van der Waals surface area contributed by atoms with Gasteiger partial charge < -0.3 is 0 Å². The number of hydrogen-bond donors (Lipinski definition) is 0. The van der Waals surface area contributed by atoms with E-state index in [1.54, 1.807) is 24.3 Å². The predicted octanol–water partition coefficient (Wildman–Crippen LogP) is 2.34. The van der Waals surface area contributed by atoms with Crippen LogP contribution in [0.5, 0.6) is 5.75 Å². The van der Waals surface area contributed by atoms with Gasteiger partial charge in [0.15, 0.2) is 11.9 Å². The third kappa shape index (κ3) is 7.13. The number of terminal acetylenes is 1. The highest BCUT2D eigenvalue weighted by molar-refractivity contribution is 7.34. The average molecular weight is 277 g/mol. The van der Waals surface area contributed by atoms with E-state index in [-0.39, 0.29) is 0 Å². The van der Waals surface area contributed by atoms with E-state index in [1.807, 2.05) is 6.07 Å². The monoisotopic (exact) mass is 277 g/mol. The van der Waals surface area contributed by atoms with Crippen molar-refractivity contribution in [3.63, 3.8) is 0 Å². The molecule has 0 saturated carbocycles. The molecule has 0 aromatic heterocycles. The van der Waals surface area contributed by atoms with E-state index in [0.717, 1.165) is 0 Å². The van der Waals surface area contributed by atoms with E-state index in [0.29, 0.717) is 5.75 Å². The minimum atomic E-state index is -2.36. The first-order valence-corrected chi connectivity index (χ1v) is 6.25. The van der Waals surface area contributed by atoms with Crippen molar-refractivity contribution >= 4 is 8.25 Å². The lowest BCUT2D eigenvalue weighted by Gasteiger charge is -1.87. The number of benzene rings is 1. The summed E-state index contributed by atoms with van der Waals surface area (Å²) in [5, 5.41) is 0. The van der Waals surface area contributed by atoms with Crippen LogP contribution in [0, 0.1) is 59.9 Å². The molecule has 0 spiro atoms. The fourth-order valence-electron chi connectivity index (χ4n) is 0.864. The van der Waals surface area contributed by atoms with Gasteiger partial charge in [-0.1, -0.05) is 18.2 Å². The van der Waals surface area contributed by atoms with Crippen LogP contribution >= 0.6 is 8.25 Å². The van der Waals surface area contributed by atoms with Crippen molar-refractivity contribution < 1.29 is 13.6 Å². The quantitative estimate of drug-likeness (QED) is 0.628. The Morgan fingerprint density at radius 3 is 2.15 bits per heavy atom. The highest BCUT2D eigenvalue weighted by atomic mass is 31.1. The summed E-state index contributed by atoms with van der Waals surface area (Å²) in [6.07, 6.45) is 7.03. The lowest BCUT2D eigenvalue weighted by Crippen LogP contribution is -1.81. The summed E-state index contributed by atoms with van der Waals surface area (Å²) in [4.78, 5) is 0. The van der Waals surface area contributed by atoms with Gasteiger partial charge in [0.25, 0.3) is 0 Å². The molecule has 0 aliphatic rings. The zero-order valence-corrected chi connectivity index (χ0v) is 11.0. The summed E-state index contributed by atoms with van der Waals surface area (Å²) in [5.74, 6) is 19.1. The van der Waals surface area contributed by atoms with Gasteiger partial charge >= 0.3 is 8.25 Å². The van der Waals surface area contributed by atoms with E-state index in [2.05, 4.69) is 58.0 Å². The van der Waals surface area contributed by atoms with Crippen LogP contribution in [0.3, 0.4) is 0 Å². The third-order valence-electron chi connectivity index (χ3n) is 1.54. The summed E-state index contributed by atoms with van der Waals surface area (Å²) in [5.41, 5.74) is 0. The smallest absolute Gasteiger partial charge is 0.222 e. The predicted molar refractivity (Wildman–Crippen MR) is 75.7 cm³/mol. The highest BCUT2D eigenvalue weighted by Gasteiger charge is 2.21. The molecule has 0 radical (unpaired) electrons. The van der Waals surface area contributed by atoms with E-state index in [9.17, 15) is 4.57 Å². The number of para-hydroxylation sites is 1. The van der Waals surface area contributed by atoms with Crippen molar-refractivity contribution in [2.24, 2.45) is 0 Å². The van der Waals surface area contributed by atoms with E-state index < -0.39 is 8.25 Å². The summed E-state index contributed by atoms with van der Waals surface area (Å²) in [6, 6.07) is 8.60. The second-order valence-electron chi connectivity index (χ2n) is 2.84. The Bertz CT molecular complexity index is 758. The first-order chi connectivity index (χ1) is 9.83. The lowest BCUT2D eigenvalue weighted by atomic mass is 10.3. The van der Waals surface area contributed by atoms with Gasteiger partial charge in [-0.3, -0.25) is 0 Å². The van der Waals surface area contributed by atoms with Gasteiger partial charge in [-0.2, -0.15) is 4.52 Å². The summed E-state index contributed by atoms with van der Waals surface area (Å²) in [6.45, 7) is 0. The molecule has 0 fully saturated rings. The largest absolute Gasteiger partial charge is 0.814 e. The Hall–Kier alpha value is -3.28. The van der Waals surface area contributed by atoms with Crippen LogP contribution in [0.2, 0.25) is 0 Å². The molecule has 1 aromatic rings. The normalized spacial score (nSPS) is 7.45. The molecule has 1 atom stereocenters. The van der Waals surface area contributed by atoms with E-state index in [4.69, 9.17) is 10.9 Å². The molecule has 0 bridgehead atoms. The van der Waals surface area contributed by atoms with Crippen LogP contribution < -0.4 is 4.52 Å². The average Bonchev–Trinajstić information content (AvgIpc) is 2.46. The van der Waals surface area contributed by atoms with Crippen molar-refractivity contribution in [3.05, 3.63) is 30.3 Å². The van der Waals surface area contributed by atoms with Gasteiger partial charge in [0.05, 0.1) is 0 Å². The Morgan fingerprint density at radius 2 is 1.50 bits per heavy atom. The zero-order chi connectivity index (χ0) is 14.5. The summed E-state index contributed by atoms with van der Waals surface area (Å²) < 4.78 is 20.9. The maximum Gasteiger partial charge on any atom is 0.814 e. The Kier molecular flexibility index (Phi) is 7.18. The van der Waals surface area contributed by atoms with Crippen molar-refractivity contribution in [1.29, 1.82) is 0 Å². The number of hydrogen-bond acceptors (Lipinski definition) is 3. The Labute approximate surface area is 118 Å². The van der Waals surface area contributed by atoms with Gasteiger partial charge in [-0.25, -0.2) is 4.52 Å². The van der Waals surface area contributed by atoms with Crippen molar-refractivity contribution in [1.82, 2.24) is 0 Å². The Morgan fingerprint density at radius 1 is 0.900 bits per heavy atom. The van der Waals surface area contributed by atoms with Gasteiger partial charge in [0.2, 0.25) is 0 Å². The fraction of sp³-hybridized carbons (Fsp3) is 0. The third-order valence-corrected chi connectivity index (χ3v) is 2.14. The molecule has 92 valence electrons. The molecule has 20 heavy (non-hydrogen) atoms. The lowest BCUT2D eigenvalue weighted by molar-refractivity contribution is 0.399. The minimum absolute atomic E-state index is 0.430. The first-order valence-electron chi connectivity index (χ1n) is 5.16. The molecule has 0 heterocycles. The summed E-state index contributed by atoms with van der Waals surface area (Å²) >= 11 is 0. The van der Waals surface area contributed by atoms with E-state index in [1.165, 1.54) is 0 Å². The van der Waals surface area contributed by atoms with E-state index >= 15 is 0 Å².